The van der Waals surface area contributed by atoms with Crippen LogP contribution in [-0.2, 0) is 0 Å². The van der Waals surface area contributed by atoms with Crippen molar-refractivity contribution < 1.29 is 4.79 Å². The van der Waals surface area contributed by atoms with E-state index in [1.807, 2.05) is 17.2 Å². The summed E-state index contributed by atoms with van der Waals surface area (Å²) in [5, 5.41) is 1.05. The molecule has 1 aromatic heterocycles. The van der Waals surface area contributed by atoms with Crippen LogP contribution < -0.4 is 0 Å². The lowest BCUT2D eigenvalue weighted by Gasteiger charge is -2.36. The number of piperidine rings is 1. The zero-order valence-electron chi connectivity index (χ0n) is 14.4. The zero-order chi connectivity index (χ0) is 16.8. The Morgan fingerprint density at radius 1 is 1.22 bits per heavy atom. The van der Waals surface area contributed by atoms with Gasteiger partial charge in [0.15, 0.2) is 0 Å². The lowest BCUT2D eigenvalue weighted by atomic mass is 9.82. The zero-order valence-corrected chi connectivity index (χ0v) is 16.0. The Bertz CT molecular complexity index is 735. The molecule has 0 radical (unpaired) electrons. The molecule has 1 amide bonds. The van der Waals surface area contributed by atoms with E-state index >= 15 is 0 Å². The van der Waals surface area contributed by atoms with Crippen molar-refractivity contribution in [3.8, 4) is 0 Å². The van der Waals surface area contributed by atoms with Gasteiger partial charge in [-0.15, -0.1) is 0 Å². The second kappa shape index (κ2) is 5.97. The van der Waals surface area contributed by atoms with Crippen molar-refractivity contribution in [3.05, 3.63) is 34.4 Å². The van der Waals surface area contributed by atoms with E-state index < -0.39 is 0 Å². The average molecular weight is 377 g/mol. The summed E-state index contributed by atoms with van der Waals surface area (Å²) in [6, 6.07) is 6.50. The highest BCUT2D eigenvalue weighted by Crippen LogP contribution is 2.32. The predicted octanol–water partition coefficient (Wildman–Crippen LogP) is 5.25. The molecule has 124 valence electrons. The number of carbonyl (C=O) groups is 1. The molecule has 1 fully saturated rings. The minimum absolute atomic E-state index is 0.173. The van der Waals surface area contributed by atoms with Gasteiger partial charge in [0, 0.05) is 35.2 Å². The van der Waals surface area contributed by atoms with Crippen molar-refractivity contribution in [1.82, 2.24) is 9.47 Å². The van der Waals surface area contributed by atoms with Crippen LogP contribution in [0.15, 0.2) is 28.9 Å². The van der Waals surface area contributed by atoms with Crippen molar-refractivity contribution in [2.24, 2.45) is 5.41 Å². The highest BCUT2D eigenvalue weighted by molar-refractivity contribution is 9.10. The number of likely N-dealkylation sites (tertiary alicyclic amines) is 1. The van der Waals surface area contributed by atoms with Crippen LogP contribution in [0.1, 0.15) is 56.9 Å². The van der Waals surface area contributed by atoms with E-state index in [2.05, 4.69) is 60.3 Å². The molecule has 3 rings (SSSR count). The molecule has 1 aromatic carbocycles. The molecule has 0 spiro atoms. The fourth-order valence-electron chi connectivity index (χ4n) is 3.31. The van der Waals surface area contributed by atoms with E-state index in [9.17, 15) is 4.79 Å². The number of benzene rings is 1. The Hall–Kier alpha value is -1.29. The first-order valence-electron chi connectivity index (χ1n) is 8.38. The van der Waals surface area contributed by atoms with Gasteiger partial charge in [0.2, 0.25) is 0 Å². The van der Waals surface area contributed by atoms with Crippen LogP contribution in [0.25, 0.3) is 10.9 Å². The SMILES string of the molecule is CC(C)n1cc(C(=O)N2CCC(C)(C)CC2)c2ccc(Br)cc21. The van der Waals surface area contributed by atoms with Crippen LogP contribution in [-0.4, -0.2) is 28.5 Å². The van der Waals surface area contributed by atoms with Crippen LogP contribution in [0.5, 0.6) is 0 Å². The molecule has 1 aliphatic heterocycles. The summed E-state index contributed by atoms with van der Waals surface area (Å²) < 4.78 is 3.24. The Balaban J connectivity index is 1.98. The first-order valence-corrected chi connectivity index (χ1v) is 9.17. The van der Waals surface area contributed by atoms with Crippen LogP contribution in [0.2, 0.25) is 0 Å². The number of rotatable bonds is 2. The lowest BCUT2D eigenvalue weighted by molar-refractivity contribution is 0.0632. The summed E-state index contributed by atoms with van der Waals surface area (Å²) in [5.74, 6) is 0.173. The van der Waals surface area contributed by atoms with E-state index in [1.165, 1.54) is 0 Å². The fourth-order valence-corrected chi connectivity index (χ4v) is 3.66. The van der Waals surface area contributed by atoms with Crippen LogP contribution in [0, 0.1) is 5.41 Å². The van der Waals surface area contributed by atoms with Crippen molar-refractivity contribution in [2.75, 3.05) is 13.1 Å². The second-order valence-corrected chi connectivity index (χ2v) is 8.58. The molecule has 1 aliphatic rings. The normalized spacial score (nSPS) is 17.9. The van der Waals surface area contributed by atoms with E-state index in [1.54, 1.807) is 0 Å². The molecule has 0 unspecified atom stereocenters. The van der Waals surface area contributed by atoms with Gasteiger partial charge in [-0.3, -0.25) is 4.79 Å². The Morgan fingerprint density at radius 3 is 2.48 bits per heavy atom. The minimum Gasteiger partial charge on any atom is -0.344 e. The van der Waals surface area contributed by atoms with Gasteiger partial charge in [-0.25, -0.2) is 0 Å². The third-order valence-electron chi connectivity index (χ3n) is 4.99. The van der Waals surface area contributed by atoms with Gasteiger partial charge in [0.25, 0.3) is 5.91 Å². The Kier molecular flexibility index (Phi) is 4.30. The molecule has 2 heterocycles. The summed E-state index contributed by atoms with van der Waals surface area (Å²) in [4.78, 5) is 15.1. The van der Waals surface area contributed by atoms with E-state index in [0.717, 1.165) is 46.9 Å². The van der Waals surface area contributed by atoms with Gasteiger partial charge < -0.3 is 9.47 Å². The molecular weight excluding hydrogens is 352 g/mol. The number of hydrogen-bond acceptors (Lipinski definition) is 1. The molecule has 1 saturated heterocycles. The summed E-state index contributed by atoms with van der Waals surface area (Å²) in [7, 11) is 0. The average Bonchev–Trinajstić information content (AvgIpc) is 2.85. The topological polar surface area (TPSA) is 25.2 Å². The summed E-state index contributed by atoms with van der Waals surface area (Å²) in [5.41, 5.74) is 2.31. The molecule has 0 aliphatic carbocycles. The molecule has 0 bridgehead atoms. The maximum absolute atomic E-state index is 13.0. The van der Waals surface area contributed by atoms with Crippen LogP contribution in [0.3, 0.4) is 0 Å². The first-order chi connectivity index (χ1) is 10.8. The monoisotopic (exact) mass is 376 g/mol. The Morgan fingerprint density at radius 2 is 1.87 bits per heavy atom. The number of hydrogen-bond donors (Lipinski definition) is 0. The van der Waals surface area contributed by atoms with Crippen molar-refractivity contribution >= 4 is 32.7 Å². The van der Waals surface area contributed by atoms with Crippen LogP contribution >= 0.6 is 15.9 Å². The predicted molar refractivity (Wildman–Crippen MR) is 98.9 cm³/mol. The quantitative estimate of drug-likeness (QED) is 0.702. The summed E-state index contributed by atoms with van der Waals surface area (Å²) in [6.45, 7) is 10.6. The largest absolute Gasteiger partial charge is 0.344 e. The number of aromatic nitrogens is 1. The molecule has 0 saturated carbocycles. The minimum atomic E-state index is 0.173. The smallest absolute Gasteiger partial charge is 0.256 e. The molecule has 3 nitrogen and oxygen atoms in total. The number of amides is 1. The number of carbonyl (C=O) groups excluding carboxylic acids is 1. The molecule has 2 aromatic rings. The van der Waals surface area contributed by atoms with Gasteiger partial charge in [-0.2, -0.15) is 0 Å². The number of nitrogens with zero attached hydrogens (tertiary/aromatic N) is 2. The summed E-state index contributed by atoms with van der Waals surface area (Å²) >= 11 is 3.54. The third kappa shape index (κ3) is 3.18. The van der Waals surface area contributed by atoms with Gasteiger partial charge in [0.05, 0.1) is 11.1 Å². The maximum atomic E-state index is 13.0. The van der Waals surface area contributed by atoms with Gasteiger partial charge in [-0.1, -0.05) is 35.8 Å². The second-order valence-electron chi connectivity index (χ2n) is 7.66. The molecular formula is C19H25BrN2O. The lowest BCUT2D eigenvalue weighted by Crippen LogP contribution is -2.41. The molecule has 0 atom stereocenters. The van der Waals surface area contributed by atoms with E-state index in [-0.39, 0.29) is 5.91 Å². The number of halogens is 1. The summed E-state index contributed by atoms with van der Waals surface area (Å²) in [6.07, 6.45) is 4.18. The Labute approximate surface area is 146 Å². The fraction of sp³-hybridized carbons (Fsp3) is 0.526. The third-order valence-corrected chi connectivity index (χ3v) is 5.48. The van der Waals surface area contributed by atoms with Gasteiger partial charge in [-0.05, 0) is 44.2 Å². The van der Waals surface area contributed by atoms with Crippen molar-refractivity contribution in [2.45, 2.75) is 46.6 Å². The van der Waals surface area contributed by atoms with Gasteiger partial charge >= 0.3 is 0 Å². The number of fused-ring (bicyclic) bond motifs is 1. The van der Waals surface area contributed by atoms with Gasteiger partial charge in [0.1, 0.15) is 0 Å². The van der Waals surface area contributed by atoms with Crippen molar-refractivity contribution in [1.29, 1.82) is 0 Å². The molecule has 23 heavy (non-hydrogen) atoms. The van der Waals surface area contributed by atoms with E-state index in [4.69, 9.17) is 0 Å². The standard InChI is InChI=1S/C19H25BrN2O/c1-13(2)22-12-16(15-6-5-14(20)11-17(15)22)18(23)21-9-7-19(3,4)8-10-21/h5-6,11-13H,7-10H2,1-4H3. The maximum Gasteiger partial charge on any atom is 0.256 e. The highest BCUT2D eigenvalue weighted by Gasteiger charge is 2.29. The highest BCUT2D eigenvalue weighted by atomic mass is 79.9. The first kappa shape index (κ1) is 16.6. The molecule has 0 N–H and O–H groups in total. The van der Waals surface area contributed by atoms with Crippen molar-refractivity contribution in [3.63, 3.8) is 0 Å². The van der Waals surface area contributed by atoms with Crippen LogP contribution in [0.4, 0.5) is 0 Å². The van der Waals surface area contributed by atoms with E-state index in [0.29, 0.717) is 11.5 Å². The molecule has 4 heteroatoms.